The lowest BCUT2D eigenvalue weighted by Gasteiger charge is -2.23. The standard InChI is InChI=1S/C12H16N4/c1-9-14-12-4-2-3-11(16(12)15-9)10-5-7-13-8-6-10/h2-4,10,13H,5-8H2,1H3. The van der Waals surface area contributed by atoms with Crippen LogP contribution < -0.4 is 5.32 Å². The predicted molar refractivity (Wildman–Crippen MR) is 62.6 cm³/mol. The first-order valence-corrected chi connectivity index (χ1v) is 5.87. The van der Waals surface area contributed by atoms with Crippen LogP contribution in [0.4, 0.5) is 0 Å². The molecule has 0 atom stereocenters. The maximum absolute atomic E-state index is 4.47. The predicted octanol–water partition coefficient (Wildman–Crippen LogP) is 1.50. The van der Waals surface area contributed by atoms with E-state index in [-0.39, 0.29) is 0 Å². The molecule has 16 heavy (non-hydrogen) atoms. The second kappa shape index (κ2) is 3.87. The molecule has 2 aromatic heterocycles. The summed E-state index contributed by atoms with van der Waals surface area (Å²) >= 11 is 0. The Hall–Kier alpha value is -1.42. The van der Waals surface area contributed by atoms with E-state index in [0.29, 0.717) is 5.92 Å². The molecule has 0 aromatic carbocycles. The highest BCUT2D eigenvalue weighted by molar-refractivity contribution is 5.39. The van der Waals surface area contributed by atoms with Gasteiger partial charge in [-0.25, -0.2) is 9.50 Å². The summed E-state index contributed by atoms with van der Waals surface area (Å²) in [6.45, 7) is 4.16. The molecule has 0 amide bonds. The van der Waals surface area contributed by atoms with Crippen molar-refractivity contribution in [2.75, 3.05) is 13.1 Å². The molecule has 0 saturated carbocycles. The minimum atomic E-state index is 0.617. The Bertz CT molecular complexity index is 497. The molecule has 0 bridgehead atoms. The molecule has 2 aromatic rings. The summed E-state index contributed by atoms with van der Waals surface area (Å²) in [4.78, 5) is 4.40. The molecule has 84 valence electrons. The molecule has 4 heteroatoms. The first-order valence-electron chi connectivity index (χ1n) is 5.87. The molecule has 1 aliphatic rings. The zero-order valence-electron chi connectivity index (χ0n) is 9.48. The van der Waals surface area contributed by atoms with E-state index in [4.69, 9.17) is 0 Å². The normalized spacial score (nSPS) is 18.1. The lowest BCUT2D eigenvalue weighted by Crippen LogP contribution is -2.27. The molecular weight excluding hydrogens is 200 g/mol. The lowest BCUT2D eigenvalue weighted by molar-refractivity contribution is 0.447. The average molecular weight is 216 g/mol. The molecule has 3 heterocycles. The molecule has 1 fully saturated rings. The van der Waals surface area contributed by atoms with E-state index in [2.05, 4.69) is 27.5 Å². The number of hydrogen-bond donors (Lipinski definition) is 1. The van der Waals surface area contributed by atoms with E-state index >= 15 is 0 Å². The van der Waals surface area contributed by atoms with Crippen molar-refractivity contribution in [3.63, 3.8) is 0 Å². The minimum absolute atomic E-state index is 0.617. The Kier molecular flexibility index (Phi) is 2.36. The number of nitrogens with zero attached hydrogens (tertiary/aromatic N) is 3. The molecule has 1 N–H and O–H groups in total. The number of aromatic nitrogens is 3. The summed E-state index contributed by atoms with van der Waals surface area (Å²) in [5.74, 6) is 1.47. The summed E-state index contributed by atoms with van der Waals surface area (Å²) in [6, 6.07) is 6.28. The maximum atomic E-state index is 4.47. The molecule has 0 unspecified atom stereocenters. The Labute approximate surface area is 94.7 Å². The van der Waals surface area contributed by atoms with E-state index < -0.39 is 0 Å². The zero-order chi connectivity index (χ0) is 11.0. The van der Waals surface area contributed by atoms with Crippen molar-refractivity contribution in [1.82, 2.24) is 19.9 Å². The van der Waals surface area contributed by atoms with Gasteiger partial charge in [-0.2, -0.15) is 5.10 Å². The molecule has 1 saturated heterocycles. The number of fused-ring (bicyclic) bond motifs is 1. The summed E-state index contributed by atoms with van der Waals surface area (Å²) in [7, 11) is 0. The summed E-state index contributed by atoms with van der Waals surface area (Å²) < 4.78 is 2.01. The minimum Gasteiger partial charge on any atom is -0.317 e. The van der Waals surface area contributed by atoms with Crippen molar-refractivity contribution in [2.24, 2.45) is 0 Å². The van der Waals surface area contributed by atoms with Crippen LogP contribution in [0.1, 0.15) is 30.3 Å². The molecule has 3 rings (SSSR count). The maximum Gasteiger partial charge on any atom is 0.155 e. The molecule has 0 radical (unpaired) electrons. The fourth-order valence-electron chi connectivity index (χ4n) is 2.46. The van der Waals surface area contributed by atoms with Gasteiger partial charge in [-0.3, -0.25) is 0 Å². The van der Waals surface area contributed by atoms with Crippen LogP contribution in [0.5, 0.6) is 0 Å². The average Bonchev–Trinajstić information content (AvgIpc) is 2.70. The highest BCUT2D eigenvalue weighted by Gasteiger charge is 2.18. The van der Waals surface area contributed by atoms with Gasteiger partial charge in [0.05, 0.1) is 0 Å². The van der Waals surface area contributed by atoms with Crippen LogP contribution in [-0.4, -0.2) is 27.7 Å². The van der Waals surface area contributed by atoms with Gasteiger partial charge in [-0.15, -0.1) is 0 Å². The third-order valence-corrected chi connectivity index (χ3v) is 3.25. The summed E-state index contributed by atoms with van der Waals surface area (Å²) in [5, 5.41) is 7.87. The van der Waals surface area contributed by atoms with Crippen LogP contribution in [0, 0.1) is 6.92 Å². The number of aryl methyl sites for hydroxylation is 1. The van der Waals surface area contributed by atoms with Crippen molar-refractivity contribution in [1.29, 1.82) is 0 Å². The smallest absolute Gasteiger partial charge is 0.155 e. The lowest BCUT2D eigenvalue weighted by atomic mass is 9.94. The number of piperidine rings is 1. The van der Waals surface area contributed by atoms with Crippen molar-refractivity contribution in [2.45, 2.75) is 25.7 Å². The van der Waals surface area contributed by atoms with Crippen molar-refractivity contribution < 1.29 is 0 Å². The van der Waals surface area contributed by atoms with Gasteiger partial charge in [-0.1, -0.05) is 6.07 Å². The van der Waals surface area contributed by atoms with Gasteiger partial charge in [-0.05, 0) is 45.0 Å². The SMILES string of the molecule is Cc1nc2cccc(C3CCNCC3)n2n1. The first kappa shape index (κ1) is 9.78. The van der Waals surface area contributed by atoms with Gasteiger partial charge in [0.15, 0.2) is 5.65 Å². The third kappa shape index (κ3) is 1.59. The van der Waals surface area contributed by atoms with Crippen molar-refractivity contribution >= 4 is 5.65 Å². The van der Waals surface area contributed by atoms with Crippen LogP contribution >= 0.6 is 0 Å². The Morgan fingerprint density at radius 2 is 2.12 bits per heavy atom. The van der Waals surface area contributed by atoms with E-state index in [9.17, 15) is 0 Å². The van der Waals surface area contributed by atoms with Gasteiger partial charge < -0.3 is 5.32 Å². The highest BCUT2D eigenvalue weighted by Crippen LogP contribution is 2.25. The molecule has 4 nitrogen and oxygen atoms in total. The van der Waals surface area contributed by atoms with E-state index in [1.165, 1.54) is 18.5 Å². The summed E-state index contributed by atoms with van der Waals surface area (Å²) in [5.41, 5.74) is 2.27. The molecule has 0 aliphatic carbocycles. The number of pyridine rings is 1. The van der Waals surface area contributed by atoms with E-state index in [1.54, 1.807) is 0 Å². The van der Waals surface area contributed by atoms with Crippen molar-refractivity contribution in [3.8, 4) is 0 Å². The Balaban J connectivity index is 2.07. The molecule has 1 aliphatic heterocycles. The Morgan fingerprint density at radius 3 is 2.94 bits per heavy atom. The third-order valence-electron chi connectivity index (χ3n) is 3.25. The van der Waals surface area contributed by atoms with Crippen LogP contribution in [0.15, 0.2) is 18.2 Å². The van der Waals surface area contributed by atoms with Gasteiger partial charge in [0, 0.05) is 11.6 Å². The number of hydrogen-bond acceptors (Lipinski definition) is 3. The van der Waals surface area contributed by atoms with Gasteiger partial charge >= 0.3 is 0 Å². The highest BCUT2D eigenvalue weighted by atomic mass is 15.3. The number of nitrogens with one attached hydrogen (secondary N) is 1. The topological polar surface area (TPSA) is 42.2 Å². The van der Waals surface area contributed by atoms with Crippen LogP contribution in [0.3, 0.4) is 0 Å². The zero-order valence-corrected chi connectivity index (χ0v) is 9.48. The quantitative estimate of drug-likeness (QED) is 0.785. The van der Waals surface area contributed by atoms with Gasteiger partial charge in [0.2, 0.25) is 0 Å². The fourth-order valence-corrected chi connectivity index (χ4v) is 2.46. The van der Waals surface area contributed by atoms with Gasteiger partial charge in [0.25, 0.3) is 0 Å². The fraction of sp³-hybridized carbons (Fsp3) is 0.500. The van der Waals surface area contributed by atoms with Gasteiger partial charge in [0.1, 0.15) is 5.82 Å². The number of rotatable bonds is 1. The monoisotopic (exact) mass is 216 g/mol. The first-order chi connectivity index (χ1) is 7.84. The van der Waals surface area contributed by atoms with E-state index in [1.807, 2.05) is 17.5 Å². The molecular formula is C12H16N4. The second-order valence-corrected chi connectivity index (χ2v) is 4.40. The largest absolute Gasteiger partial charge is 0.317 e. The van der Waals surface area contributed by atoms with Crippen LogP contribution in [0.25, 0.3) is 5.65 Å². The Morgan fingerprint density at radius 1 is 1.31 bits per heavy atom. The second-order valence-electron chi connectivity index (χ2n) is 4.40. The van der Waals surface area contributed by atoms with Crippen LogP contribution in [-0.2, 0) is 0 Å². The summed E-state index contributed by atoms with van der Waals surface area (Å²) in [6.07, 6.45) is 2.38. The van der Waals surface area contributed by atoms with Crippen LogP contribution in [0.2, 0.25) is 0 Å². The van der Waals surface area contributed by atoms with Crippen molar-refractivity contribution in [3.05, 3.63) is 29.7 Å². The van der Waals surface area contributed by atoms with E-state index in [0.717, 1.165) is 24.6 Å². The molecule has 0 spiro atoms.